The van der Waals surface area contributed by atoms with Crippen LogP contribution in [0.1, 0.15) is 16.7 Å². The molecule has 0 saturated carbocycles. The van der Waals surface area contributed by atoms with E-state index < -0.39 is 4.92 Å². The zero-order valence-corrected chi connectivity index (χ0v) is 18.7. The van der Waals surface area contributed by atoms with Gasteiger partial charge in [-0.2, -0.15) is 5.26 Å². The zero-order valence-electron chi connectivity index (χ0n) is 18.7. The van der Waals surface area contributed by atoms with Crippen LogP contribution >= 0.6 is 0 Å². The number of allylic oxidation sites excluding steroid dienone is 1. The van der Waals surface area contributed by atoms with Crippen molar-refractivity contribution in [1.82, 2.24) is 0 Å². The van der Waals surface area contributed by atoms with Gasteiger partial charge in [0.1, 0.15) is 12.4 Å². The Morgan fingerprint density at radius 3 is 2.40 bits per heavy atom. The van der Waals surface area contributed by atoms with E-state index in [2.05, 4.69) is 6.07 Å². The first-order valence-electron chi connectivity index (χ1n) is 11.1. The third kappa shape index (κ3) is 4.59. The van der Waals surface area contributed by atoms with Crippen molar-refractivity contribution in [2.45, 2.75) is 6.61 Å². The molecule has 5 heteroatoms. The summed E-state index contributed by atoms with van der Waals surface area (Å²) in [5.41, 5.74) is 2.85. The van der Waals surface area contributed by atoms with Crippen LogP contribution in [0.2, 0.25) is 0 Å². The fourth-order valence-electron chi connectivity index (χ4n) is 4.15. The molecule has 0 saturated heterocycles. The van der Waals surface area contributed by atoms with Gasteiger partial charge in [-0.15, -0.1) is 0 Å². The number of non-ortho nitro benzene ring substituents is 1. The van der Waals surface area contributed by atoms with Crippen molar-refractivity contribution in [1.29, 1.82) is 5.26 Å². The van der Waals surface area contributed by atoms with Gasteiger partial charge in [-0.1, -0.05) is 78.9 Å². The molecule has 0 radical (unpaired) electrons. The van der Waals surface area contributed by atoms with Crippen LogP contribution in [0.25, 0.3) is 33.2 Å². The summed E-state index contributed by atoms with van der Waals surface area (Å²) in [7, 11) is 0. The van der Waals surface area contributed by atoms with Crippen molar-refractivity contribution in [3.8, 4) is 11.8 Å². The predicted octanol–water partition coefficient (Wildman–Crippen LogP) is 7.54. The van der Waals surface area contributed by atoms with Crippen molar-refractivity contribution in [2.24, 2.45) is 0 Å². The molecule has 0 aliphatic heterocycles. The quantitative estimate of drug-likeness (QED) is 0.114. The maximum Gasteiger partial charge on any atom is 0.269 e. The van der Waals surface area contributed by atoms with Crippen molar-refractivity contribution >= 4 is 38.9 Å². The summed E-state index contributed by atoms with van der Waals surface area (Å²) < 4.78 is 6.14. The van der Waals surface area contributed by atoms with E-state index in [0.717, 1.165) is 32.7 Å². The molecule has 0 aromatic heterocycles. The molecule has 5 aromatic rings. The van der Waals surface area contributed by atoms with Gasteiger partial charge in [0.25, 0.3) is 5.69 Å². The van der Waals surface area contributed by atoms with Crippen molar-refractivity contribution < 1.29 is 9.66 Å². The average molecular weight is 457 g/mol. The lowest BCUT2D eigenvalue weighted by molar-refractivity contribution is -0.384. The third-order valence-corrected chi connectivity index (χ3v) is 5.92. The van der Waals surface area contributed by atoms with Crippen LogP contribution in [0, 0.1) is 21.4 Å². The first-order valence-corrected chi connectivity index (χ1v) is 11.1. The fraction of sp³-hybridized carbons (Fsp3) is 0.0333. The number of rotatable bonds is 6. The molecule has 0 fully saturated rings. The Hall–Kier alpha value is -4.95. The fourth-order valence-corrected chi connectivity index (χ4v) is 4.15. The van der Waals surface area contributed by atoms with Gasteiger partial charge in [-0.25, -0.2) is 0 Å². The highest BCUT2D eigenvalue weighted by molar-refractivity contribution is 6.01. The highest BCUT2D eigenvalue weighted by Crippen LogP contribution is 2.33. The summed E-state index contributed by atoms with van der Waals surface area (Å²) in [4.78, 5) is 10.7. The highest BCUT2D eigenvalue weighted by atomic mass is 16.6. The normalized spacial score (nSPS) is 11.3. The maximum atomic E-state index is 11.1. The Balaban J connectivity index is 1.57. The van der Waals surface area contributed by atoms with Gasteiger partial charge in [0.15, 0.2) is 0 Å². The number of hydrogen-bond acceptors (Lipinski definition) is 4. The second-order valence-corrected chi connectivity index (χ2v) is 8.15. The number of ether oxygens (including phenoxy) is 1. The molecular formula is C30H20N2O3. The summed E-state index contributed by atoms with van der Waals surface area (Å²) in [5, 5.41) is 25.3. The molecule has 0 aliphatic carbocycles. The van der Waals surface area contributed by atoms with Crippen LogP contribution < -0.4 is 4.74 Å². The molecule has 0 unspecified atom stereocenters. The molecule has 5 aromatic carbocycles. The first kappa shape index (κ1) is 21.9. The van der Waals surface area contributed by atoms with Gasteiger partial charge < -0.3 is 4.74 Å². The van der Waals surface area contributed by atoms with Gasteiger partial charge in [-0.05, 0) is 50.9 Å². The molecular weight excluding hydrogens is 436 g/mol. The molecule has 0 bridgehead atoms. The van der Waals surface area contributed by atoms with E-state index in [9.17, 15) is 15.4 Å². The van der Waals surface area contributed by atoms with Crippen LogP contribution in [-0.4, -0.2) is 4.92 Å². The van der Waals surface area contributed by atoms with E-state index in [-0.39, 0.29) is 12.3 Å². The van der Waals surface area contributed by atoms with Gasteiger partial charge in [-0.3, -0.25) is 10.1 Å². The molecule has 168 valence electrons. The predicted molar refractivity (Wildman–Crippen MR) is 139 cm³/mol. The summed E-state index contributed by atoms with van der Waals surface area (Å²) in [6, 6.07) is 34.5. The first-order chi connectivity index (χ1) is 17.1. The molecule has 5 rings (SSSR count). The number of fused-ring (bicyclic) bond motifs is 2. The number of hydrogen-bond donors (Lipinski definition) is 0. The minimum Gasteiger partial charge on any atom is -0.488 e. The smallest absolute Gasteiger partial charge is 0.269 e. The molecule has 0 amide bonds. The van der Waals surface area contributed by atoms with E-state index in [1.165, 1.54) is 12.1 Å². The van der Waals surface area contributed by atoms with Gasteiger partial charge >= 0.3 is 0 Å². The lowest BCUT2D eigenvalue weighted by atomic mass is 9.97. The van der Waals surface area contributed by atoms with Gasteiger partial charge in [0.2, 0.25) is 0 Å². The SMILES string of the molecule is N#C/C(=C/c1c(OCc2cccc([N+](=O)[O-])c2)ccc2ccccc12)c1ccc2ccccc2c1. The maximum absolute atomic E-state index is 11.1. The lowest BCUT2D eigenvalue weighted by Gasteiger charge is -2.13. The van der Waals surface area contributed by atoms with Crippen LogP contribution in [-0.2, 0) is 6.61 Å². The number of nitriles is 1. The molecule has 0 aliphatic rings. The lowest BCUT2D eigenvalue weighted by Crippen LogP contribution is -1.99. The molecule has 0 N–H and O–H groups in total. The zero-order chi connectivity index (χ0) is 24.2. The summed E-state index contributed by atoms with van der Waals surface area (Å²) in [6.07, 6.45) is 1.86. The van der Waals surface area contributed by atoms with Crippen LogP contribution in [0.4, 0.5) is 5.69 Å². The van der Waals surface area contributed by atoms with E-state index in [4.69, 9.17) is 4.74 Å². The number of nitrogens with zero attached hydrogens (tertiary/aromatic N) is 2. The number of nitro groups is 1. The van der Waals surface area contributed by atoms with Crippen LogP contribution in [0.5, 0.6) is 5.75 Å². The second kappa shape index (κ2) is 9.50. The largest absolute Gasteiger partial charge is 0.488 e. The van der Waals surface area contributed by atoms with E-state index in [1.807, 2.05) is 84.9 Å². The van der Waals surface area contributed by atoms with Crippen molar-refractivity contribution in [3.05, 3.63) is 130 Å². The molecule has 0 spiro atoms. The molecule has 0 atom stereocenters. The van der Waals surface area contributed by atoms with Crippen molar-refractivity contribution in [2.75, 3.05) is 0 Å². The topological polar surface area (TPSA) is 76.2 Å². The Morgan fingerprint density at radius 1 is 0.857 bits per heavy atom. The van der Waals surface area contributed by atoms with E-state index in [1.54, 1.807) is 12.1 Å². The summed E-state index contributed by atoms with van der Waals surface area (Å²) >= 11 is 0. The Labute approximate surface area is 202 Å². The Bertz CT molecular complexity index is 1650. The Kier molecular flexibility index (Phi) is 5.94. The standard InChI is InChI=1S/C30H20N2O3/c31-19-26(25-13-12-22-7-1-2-9-24(22)17-25)18-29-28-11-4-3-8-23(28)14-15-30(29)35-20-21-6-5-10-27(16-21)32(33)34/h1-18H,20H2/b26-18-. The summed E-state index contributed by atoms with van der Waals surface area (Å²) in [6.45, 7) is 0.165. The van der Waals surface area contributed by atoms with Crippen LogP contribution in [0.15, 0.2) is 103 Å². The second-order valence-electron chi connectivity index (χ2n) is 8.15. The minimum absolute atomic E-state index is 0.0211. The highest BCUT2D eigenvalue weighted by Gasteiger charge is 2.12. The van der Waals surface area contributed by atoms with Crippen molar-refractivity contribution in [3.63, 3.8) is 0 Å². The molecule has 0 heterocycles. The van der Waals surface area contributed by atoms with Crippen LogP contribution in [0.3, 0.4) is 0 Å². The molecule has 5 nitrogen and oxygen atoms in total. The monoisotopic (exact) mass is 456 g/mol. The summed E-state index contributed by atoms with van der Waals surface area (Å²) in [5.74, 6) is 0.601. The Morgan fingerprint density at radius 2 is 1.60 bits per heavy atom. The van der Waals surface area contributed by atoms with E-state index >= 15 is 0 Å². The third-order valence-electron chi connectivity index (χ3n) is 5.92. The van der Waals surface area contributed by atoms with Gasteiger partial charge in [0.05, 0.1) is 16.6 Å². The number of benzene rings is 5. The van der Waals surface area contributed by atoms with E-state index in [0.29, 0.717) is 16.9 Å². The minimum atomic E-state index is -0.420. The van der Waals surface area contributed by atoms with Gasteiger partial charge in [0, 0.05) is 17.7 Å². The number of nitro benzene ring substituents is 1. The molecule has 35 heavy (non-hydrogen) atoms. The average Bonchev–Trinajstić information content (AvgIpc) is 2.90.